The van der Waals surface area contributed by atoms with Crippen LogP contribution < -0.4 is 10.2 Å². The van der Waals surface area contributed by atoms with E-state index in [9.17, 15) is 0 Å². The van der Waals surface area contributed by atoms with Crippen LogP contribution in [0.2, 0.25) is 0 Å². The molecule has 0 unspecified atom stereocenters. The van der Waals surface area contributed by atoms with Crippen LogP contribution in [0.5, 0.6) is 0 Å². The molecule has 1 N–H and O–H groups in total. The van der Waals surface area contributed by atoms with E-state index in [0.717, 1.165) is 38.0 Å². The van der Waals surface area contributed by atoms with Crippen LogP contribution in [0.1, 0.15) is 38.7 Å². The summed E-state index contributed by atoms with van der Waals surface area (Å²) in [5, 5.41) is 3.43. The Labute approximate surface area is 110 Å². The lowest BCUT2D eigenvalue weighted by Gasteiger charge is -2.14. The van der Waals surface area contributed by atoms with Crippen LogP contribution in [0.3, 0.4) is 0 Å². The van der Waals surface area contributed by atoms with Gasteiger partial charge in [-0.3, -0.25) is 0 Å². The van der Waals surface area contributed by atoms with Gasteiger partial charge in [0, 0.05) is 37.6 Å². The van der Waals surface area contributed by atoms with Crippen molar-refractivity contribution in [2.45, 2.75) is 39.7 Å². The normalized spacial score (nSPS) is 15.6. The number of nitrogens with zero attached hydrogens (tertiary/aromatic N) is 3. The van der Waals surface area contributed by atoms with Gasteiger partial charge in [-0.2, -0.15) is 0 Å². The molecule has 0 saturated carbocycles. The minimum absolute atomic E-state index is 0.756. The minimum atomic E-state index is 0.756. The summed E-state index contributed by atoms with van der Waals surface area (Å²) >= 11 is 0. The fourth-order valence-corrected chi connectivity index (χ4v) is 2.14. The summed E-state index contributed by atoms with van der Waals surface area (Å²) in [5.41, 5.74) is 1.17. The minimum Gasteiger partial charge on any atom is -0.341 e. The first-order valence-corrected chi connectivity index (χ1v) is 7.02. The summed E-state index contributed by atoms with van der Waals surface area (Å²) in [6, 6.07) is 0. The van der Waals surface area contributed by atoms with Crippen LogP contribution in [-0.2, 0) is 6.54 Å². The maximum absolute atomic E-state index is 4.45. The van der Waals surface area contributed by atoms with E-state index in [-0.39, 0.29) is 0 Å². The molecule has 1 aromatic heterocycles. The molecule has 0 atom stereocenters. The van der Waals surface area contributed by atoms with Crippen LogP contribution >= 0.6 is 0 Å². The summed E-state index contributed by atoms with van der Waals surface area (Å²) in [5.74, 6) is 1.64. The van der Waals surface area contributed by atoms with Crippen LogP contribution in [0.4, 0.5) is 5.95 Å². The molecule has 1 aliphatic heterocycles. The number of hydrogen-bond acceptors (Lipinski definition) is 4. The van der Waals surface area contributed by atoms with E-state index in [1.165, 1.54) is 24.8 Å². The summed E-state index contributed by atoms with van der Waals surface area (Å²) < 4.78 is 0. The van der Waals surface area contributed by atoms with Crippen molar-refractivity contribution < 1.29 is 0 Å². The summed E-state index contributed by atoms with van der Waals surface area (Å²) in [6.45, 7) is 8.63. The molecular formula is C14H24N4. The molecule has 0 aliphatic carbocycles. The number of hydrogen-bond donors (Lipinski definition) is 1. The molecule has 2 rings (SSSR count). The summed E-state index contributed by atoms with van der Waals surface area (Å²) in [7, 11) is 0. The van der Waals surface area contributed by atoms with Gasteiger partial charge >= 0.3 is 0 Å². The molecule has 1 aliphatic rings. The second-order valence-electron chi connectivity index (χ2n) is 5.44. The molecule has 0 aromatic carbocycles. The molecule has 0 spiro atoms. The Bertz CT molecular complexity index is 341. The highest BCUT2D eigenvalue weighted by Crippen LogP contribution is 2.14. The Morgan fingerprint density at radius 2 is 1.89 bits per heavy atom. The molecule has 0 bridgehead atoms. The van der Waals surface area contributed by atoms with E-state index in [2.05, 4.69) is 34.0 Å². The van der Waals surface area contributed by atoms with Crippen molar-refractivity contribution in [3.05, 3.63) is 18.0 Å². The van der Waals surface area contributed by atoms with Gasteiger partial charge in [0.25, 0.3) is 0 Å². The lowest BCUT2D eigenvalue weighted by Crippen LogP contribution is -2.21. The van der Waals surface area contributed by atoms with Gasteiger partial charge in [-0.15, -0.1) is 0 Å². The van der Waals surface area contributed by atoms with Gasteiger partial charge < -0.3 is 10.2 Å². The molecule has 18 heavy (non-hydrogen) atoms. The van der Waals surface area contributed by atoms with E-state index in [4.69, 9.17) is 0 Å². The zero-order chi connectivity index (χ0) is 12.8. The molecule has 4 heteroatoms. The fourth-order valence-electron chi connectivity index (χ4n) is 2.14. The smallest absolute Gasteiger partial charge is 0.225 e. The van der Waals surface area contributed by atoms with Crippen molar-refractivity contribution in [1.29, 1.82) is 0 Å². The number of rotatable bonds is 6. The molecule has 1 saturated heterocycles. The first-order valence-electron chi connectivity index (χ1n) is 7.02. The molecule has 0 radical (unpaired) electrons. The lowest BCUT2D eigenvalue weighted by molar-refractivity contribution is 0.537. The lowest BCUT2D eigenvalue weighted by atomic mass is 10.1. The Morgan fingerprint density at radius 3 is 2.50 bits per heavy atom. The second-order valence-corrected chi connectivity index (χ2v) is 5.44. The third-order valence-electron chi connectivity index (χ3n) is 3.31. The second kappa shape index (κ2) is 6.69. The van der Waals surface area contributed by atoms with Gasteiger partial charge in [0.05, 0.1) is 0 Å². The van der Waals surface area contributed by atoms with Crippen molar-refractivity contribution in [2.24, 2.45) is 5.92 Å². The maximum atomic E-state index is 4.45. The number of aromatic nitrogens is 2. The van der Waals surface area contributed by atoms with E-state index in [1.807, 2.05) is 12.4 Å². The predicted molar refractivity (Wildman–Crippen MR) is 74.6 cm³/mol. The maximum Gasteiger partial charge on any atom is 0.225 e. The topological polar surface area (TPSA) is 41.1 Å². The SMILES string of the molecule is CC(C)CCNCc1cnc(N2CCCC2)nc1. The molecule has 4 nitrogen and oxygen atoms in total. The average Bonchev–Trinajstić information content (AvgIpc) is 2.89. The van der Waals surface area contributed by atoms with Crippen LogP contribution in [-0.4, -0.2) is 29.6 Å². The molecular weight excluding hydrogens is 224 g/mol. The van der Waals surface area contributed by atoms with E-state index in [1.54, 1.807) is 0 Å². The predicted octanol–water partition coefficient (Wildman–Crippen LogP) is 2.21. The van der Waals surface area contributed by atoms with Crippen molar-refractivity contribution in [2.75, 3.05) is 24.5 Å². The van der Waals surface area contributed by atoms with Crippen molar-refractivity contribution in [1.82, 2.24) is 15.3 Å². The highest BCUT2D eigenvalue weighted by Gasteiger charge is 2.14. The average molecular weight is 248 g/mol. The molecule has 2 heterocycles. The first kappa shape index (κ1) is 13.3. The van der Waals surface area contributed by atoms with Crippen LogP contribution in [0.15, 0.2) is 12.4 Å². The quantitative estimate of drug-likeness (QED) is 0.784. The summed E-state index contributed by atoms with van der Waals surface area (Å²) in [6.07, 6.45) is 7.64. The van der Waals surface area contributed by atoms with Crippen molar-refractivity contribution >= 4 is 5.95 Å². The zero-order valence-corrected chi connectivity index (χ0v) is 11.5. The monoisotopic (exact) mass is 248 g/mol. The molecule has 0 amide bonds. The van der Waals surface area contributed by atoms with Gasteiger partial charge in [0.15, 0.2) is 0 Å². The number of anilines is 1. The first-order chi connectivity index (χ1) is 8.75. The van der Waals surface area contributed by atoms with Crippen molar-refractivity contribution in [3.63, 3.8) is 0 Å². The van der Waals surface area contributed by atoms with Crippen LogP contribution in [0.25, 0.3) is 0 Å². The van der Waals surface area contributed by atoms with Gasteiger partial charge in [-0.25, -0.2) is 9.97 Å². The largest absolute Gasteiger partial charge is 0.341 e. The third-order valence-corrected chi connectivity index (χ3v) is 3.31. The van der Waals surface area contributed by atoms with E-state index >= 15 is 0 Å². The van der Waals surface area contributed by atoms with Gasteiger partial charge in [0.2, 0.25) is 5.95 Å². The number of nitrogens with one attached hydrogen (secondary N) is 1. The standard InChI is InChI=1S/C14H24N4/c1-12(2)5-6-15-9-13-10-16-14(17-11-13)18-7-3-4-8-18/h10-12,15H,3-9H2,1-2H3. The van der Waals surface area contributed by atoms with E-state index < -0.39 is 0 Å². The Balaban J connectivity index is 1.76. The van der Waals surface area contributed by atoms with E-state index in [0.29, 0.717) is 0 Å². The Hall–Kier alpha value is -1.16. The Morgan fingerprint density at radius 1 is 1.22 bits per heavy atom. The van der Waals surface area contributed by atoms with Crippen LogP contribution in [0, 0.1) is 5.92 Å². The van der Waals surface area contributed by atoms with Gasteiger partial charge in [-0.05, 0) is 31.7 Å². The van der Waals surface area contributed by atoms with Gasteiger partial charge in [-0.1, -0.05) is 13.8 Å². The molecule has 1 aromatic rings. The fraction of sp³-hybridized carbons (Fsp3) is 0.714. The van der Waals surface area contributed by atoms with Crippen molar-refractivity contribution in [3.8, 4) is 0 Å². The molecule has 100 valence electrons. The Kier molecular flexibility index (Phi) is 4.93. The third kappa shape index (κ3) is 3.95. The summed E-state index contributed by atoms with van der Waals surface area (Å²) in [4.78, 5) is 11.2. The highest BCUT2D eigenvalue weighted by molar-refractivity contribution is 5.30. The van der Waals surface area contributed by atoms with Gasteiger partial charge in [0.1, 0.15) is 0 Å². The zero-order valence-electron chi connectivity index (χ0n) is 11.5. The highest BCUT2D eigenvalue weighted by atomic mass is 15.3. The molecule has 1 fully saturated rings.